The number of rotatable bonds is 9. The number of fused-ring (bicyclic) bond motifs is 2. The van der Waals surface area contributed by atoms with Gasteiger partial charge in [0, 0.05) is 46.3 Å². The highest BCUT2D eigenvalue weighted by Gasteiger charge is 2.40. The molecule has 1 fully saturated rings. The van der Waals surface area contributed by atoms with Crippen molar-refractivity contribution < 1.29 is 18.7 Å². The van der Waals surface area contributed by atoms with Gasteiger partial charge in [0.1, 0.15) is 6.73 Å². The Bertz CT molecular complexity index is 1410. The third-order valence-electron chi connectivity index (χ3n) is 7.77. The largest absolute Gasteiger partial charge is 0.421 e. The van der Waals surface area contributed by atoms with Crippen molar-refractivity contribution in [3.8, 4) is 0 Å². The minimum atomic E-state index is -1.22. The molecule has 2 aliphatic heterocycles. The molecule has 2 unspecified atom stereocenters. The van der Waals surface area contributed by atoms with Crippen LogP contribution >= 0.6 is 0 Å². The normalized spacial score (nSPS) is 20.0. The molecular weight excluding hydrogens is 498 g/mol. The van der Waals surface area contributed by atoms with E-state index in [1.165, 1.54) is 4.57 Å². The molecule has 1 saturated heterocycles. The first-order valence-electron chi connectivity index (χ1n) is 13.5. The Morgan fingerprint density at radius 2 is 1.87 bits per heavy atom. The molecule has 3 heterocycles. The van der Waals surface area contributed by atoms with Gasteiger partial charge in [-0.15, -0.1) is 0 Å². The summed E-state index contributed by atoms with van der Waals surface area (Å²) in [5.74, 6) is -0.426. The summed E-state index contributed by atoms with van der Waals surface area (Å²) in [6.45, 7) is 8.79. The third kappa shape index (κ3) is 5.35. The van der Waals surface area contributed by atoms with Crippen LogP contribution in [0.4, 0.5) is 0 Å². The zero-order valence-corrected chi connectivity index (χ0v) is 23.7. The number of carbonyl (C=O) groups excluding carboxylic acids is 2. The molecule has 0 bridgehead atoms. The first kappa shape index (κ1) is 26.4. The highest BCUT2D eigenvalue weighted by atomic mass is 28.3. The van der Waals surface area contributed by atoms with Gasteiger partial charge in [-0.05, 0) is 54.6 Å². The van der Waals surface area contributed by atoms with Gasteiger partial charge >= 0.3 is 5.76 Å². The van der Waals surface area contributed by atoms with Crippen molar-refractivity contribution in [1.82, 2.24) is 14.4 Å². The molecule has 0 saturated carbocycles. The van der Waals surface area contributed by atoms with Gasteiger partial charge in [-0.1, -0.05) is 43.9 Å². The van der Waals surface area contributed by atoms with Crippen LogP contribution in [-0.4, -0.2) is 54.5 Å². The van der Waals surface area contributed by atoms with Crippen molar-refractivity contribution in [2.75, 3.05) is 20.2 Å². The van der Waals surface area contributed by atoms with Gasteiger partial charge in [-0.2, -0.15) is 0 Å². The molecule has 0 N–H and O–H groups in total. The predicted molar refractivity (Wildman–Crippen MR) is 149 cm³/mol. The number of hydrogen-bond donors (Lipinski definition) is 0. The lowest BCUT2D eigenvalue weighted by atomic mass is 9.88. The Hall–Kier alpha value is -3.17. The van der Waals surface area contributed by atoms with Crippen LogP contribution < -0.4 is 5.76 Å². The second-order valence-corrected chi connectivity index (χ2v) is 17.4. The second-order valence-electron chi connectivity index (χ2n) is 11.8. The van der Waals surface area contributed by atoms with Crippen molar-refractivity contribution in [3.05, 3.63) is 69.7 Å². The summed E-state index contributed by atoms with van der Waals surface area (Å²) in [4.78, 5) is 42.5. The van der Waals surface area contributed by atoms with Crippen LogP contribution in [0.1, 0.15) is 46.8 Å². The molecule has 0 radical (unpaired) electrons. The molecule has 5 rings (SSSR count). The van der Waals surface area contributed by atoms with Gasteiger partial charge in [0.25, 0.3) is 5.91 Å². The maximum atomic E-state index is 13.5. The summed E-state index contributed by atoms with van der Waals surface area (Å²) in [7, 11) is 0.636. The molecule has 2 aromatic carbocycles. The number of nitrogens with zero attached hydrogens (tertiary/aromatic N) is 3. The van der Waals surface area contributed by atoms with Crippen LogP contribution in [0.5, 0.6) is 0 Å². The first-order chi connectivity index (χ1) is 18.1. The van der Waals surface area contributed by atoms with Gasteiger partial charge in [-0.3, -0.25) is 9.59 Å². The van der Waals surface area contributed by atoms with E-state index in [4.69, 9.17) is 9.15 Å². The van der Waals surface area contributed by atoms with Crippen molar-refractivity contribution in [2.24, 2.45) is 5.92 Å². The van der Waals surface area contributed by atoms with Crippen LogP contribution in [0.2, 0.25) is 25.7 Å². The fraction of sp³-hybridized carbons (Fsp3) is 0.483. The zero-order valence-electron chi connectivity index (χ0n) is 22.7. The number of hydrogen-bond acceptors (Lipinski definition) is 5. The van der Waals surface area contributed by atoms with Gasteiger partial charge in [0.2, 0.25) is 5.91 Å². The number of benzene rings is 2. The van der Waals surface area contributed by atoms with Crippen LogP contribution in [0, 0.1) is 5.92 Å². The summed E-state index contributed by atoms with van der Waals surface area (Å²) >= 11 is 0. The van der Waals surface area contributed by atoms with E-state index in [0.29, 0.717) is 36.2 Å². The minimum absolute atomic E-state index is 0.0304. The van der Waals surface area contributed by atoms with Gasteiger partial charge < -0.3 is 19.0 Å². The topological polar surface area (TPSA) is 85.0 Å². The number of piperidine rings is 1. The van der Waals surface area contributed by atoms with Crippen molar-refractivity contribution in [3.63, 3.8) is 0 Å². The highest BCUT2D eigenvalue weighted by molar-refractivity contribution is 6.76. The first-order valence-corrected chi connectivity index (χ1v) is 17.2. The fourth-order valence-electron chi connectivity index (χ4n) is 5.55. The number of aromatic nitrogens is 1. The summed E-state index contributed by atoms with van der Waals surface area (Å²) in [5, 5.41) is 0. The van der Waals surface area contributed by atoms with Crippen molar-refractivity contribution >= 4 is 31.0 Å². The quantitative estimate of drug-likeness (QED) is 0.289. The minimum Gasteiger partial charge on any atom is -0.408 e. The third-order valence-corrected chi connectivity index (χ3v) is 9.47. The lowest BCUT2D eigenvalue weighted by molar-refractivity contribution is -0.137. The van der Waals surface area contributed by atoms with Crippen LogP contribution in [0.25, 0.3) is 11.1 Å². The van der Waals surface area contributed by atoms with Crippen LogP contribution in [0.15, 0.2) is 51.7 Å². The second kappa shape index (κ2) is 10.5. The van der Waals surface area contributed by atoms with E-state index < -0.39 is 13.8 Å². The smallest absolute Gasteiger partial charge is 0.408 e. The molecule has 202 valence electrons. The molecule has 2 amide bonds. The summed E-state index contributed by atoms with van der Waals surface area (Å²) in [6, 6.07) is 14.2. The van der Waals surface area contributed by atoms with E-state index in [-0.39, 0.29) is 30.5 Å². The van der Waals surface area contributed by atoms with E-state index >= 15 is 0 Å². The van der Waals surface area contributed by atoms with Crippen molar-refractivity contribution in [1.29, 1.82) is 0 Å². The molecular formula is C29H37N3O5Si. The lowest BCUT2D eigenvalue weighted by Crippen LogP contribution is -2.40. The van der Waals surface area contributed by atoms with E-state index in [9.17, 15) is 14.4 Å². The Kier molecular flexibility index (Phi) is 7.33. The van der Waals surface area contributed by atoms with Gasteiger partial charge in [0.15, 0.2) is 5.58 Å². The monoisotopic (exact) mass is 535 g/mol. The van der Waals surface area contributed by atoms with Gasteiger partial charge in [0.05, 0.1) is 11.6 Å². The Labute approximate surface area is 224 Å². The van der Waals surface area contributed by atoms with E-state index in [0.717, 1.165) is 36.6 Å². The number of carbonyl (C=O) groups is 2. The fourth-order valence-corrected chi connectivity index (χ4v) is 6.31. The molecule has 2 atom stereocenters. The van der Waals surface area contributed by atoms with Gasteiger partial charge in [-0.25, -0.2) is 9.36 Å². The molecule has 1 aromatic heterocycles. The number of oxazole rings is 1. The Balaban J connectivity index is 1.36. The van der Waals surface area contributed by atoms with Crippen LogP contribution in [0.3, 0.4) is 0 Å². The maximum absolute atomic E-state index is 13.5. The lowest BCUT2D eigenvalue weighted by Gasteiger charge is -2.33. The zero-order chi connectivity index (χ0) is 27.0. The SMILES string of the molecule is CN1CCCC(CC2c3ccccc3C(=O)N2Cc2ccc3c(c2)oc(=O)n3COCC[Si](C)(C)C)C1=O. The average molecular weight is 536 g/mol. The molecule has 0 aliphatic carbocycles. The molecule has 38 heavy (non-hydrogen) atoms. The van der Waals surface area contributed by atoms with E-state index in [2.05, 4.69) is 19.6 Å². The summed E-state index contributed by atoms with van der Waals surface area (Å²) < 4.78 is 12.8. The number of amides is 2. The molecule has 3 aromatic rings. The summed E-state index contributed by atoms with van der Waals surface area (Å²) in [6.07, 6.45) is 2.42. The maximum Gasteiger partial charge on any atom is 0.421 e. The molecule has 2 aliphatic rings. The van der Waals surface area contributed by atoms with Crippen LogP contribution in [-0.2, 0) is 22.8 Å². The molecule has 9 heteroatoms. The molecule has 0 spiro atoms. The Morgan fingerprint density at radius 1 is 1.08 bits per heavy atom. The van der Waals surface area contributed by atoms with Crippen molar-refractivity contribution in [2.45, 2.75) is 64.3 Å². The number of likely N-dealkylation sites (tertiary alicyclic amines) is 1. The standard InChI is InChI=1S/C29H37N3O5Si/c1-30-13-7-8-21(27(30)33)17-25-22-9-5-6-10-23(22)28(34)31(25)18-20-11-12-24-26(16-20)37-29(35)32(24)19-36-14-15-38(2,3)4/h5-6,9-12,16,21,25H,7-8,13-15,17-19H2,1-4H3. The number of ether oxygens (including phenoxy) is 1. The highest BCUT2D eigenvalue weighted by Crippen LogP contribution is 2.40. The predicted octanol–water partition coefficient (Wildman–Crippen LogP) is 4.86. The molecule has 8 nitrogen and oxygen atoms in total. The van der Waals surface area contributed by atoms with E-state index in [1.54, 1.807) is 4.90 Å². The van der Waals surface area contributed by atoms with E-state index in [1.807, 2.05) is 54.4 Å². The Morgan fingerprint density at radius 3 is 2.66 bits per heavy atom. The summed E-state index contributed by atoms with van der Waals surface area (Å²) in [5.41, 5.74) is 3.70. The average Bonchev–Trinajstić information content (AvgIpc) is 3.32.